The molecule has 1 aliphatic rings. The number of carbonyl (C=O) groups is 2. The quantitative estimate of drug-likeness (QED) is 0.362. The summed E-state index contributed by atoms with van der Waals surface area (Å²) in [5.74, 6) is 0.951. The zero-order valence-electron chi connectivity index (χ0n) is 12.2. The maximum atomic E-state index is 11.8. The molecular formula is C16H28O3. The van der Waals surface area contributed by atoms with Gasteiger partial charge in [0.15, 0.2) is 0 Å². The van der Waals surface area contributed by atoms with E-state index in [1.807, 2.05) is 0 Å². The fraction of sp³-hybridized carbons (Fsp3) is 0.875. The minimum absolute atomic E-state index is 0.0212. The van der Waals surface area contributed by atoms with Crippen molar-refractivity contribution in [3.63, 3.8) is 0 Å². The van der Waals surface area contributed by atoms with Crippen LogP contribution in [0.2, 0.25) is 0 Å². The largest absolute Gasteiger partial charge is 0.465 e. The Kier molecular flexibility index (Phi) is 8.52. The zero-order valence-corrected chi connectivity index (χ0v) is 12.2. The fourth-order valence-electron chi connectivity index (χ4n) is 2.65. The topological polar surface area (TPSA) is 43.4 Å². The van der Waals surface area contributed by atoms with Crippen molar-refractivity contribution in [2.24, 2.45) is 11.8 Å². The summed E-state index contributed by atoms with van der Waals surface area (Å²) in [6, 6.07) is 0. The predicted octanol–water partition coefficient (Wildman–Crippen LogP) is 3.90. The molecule has 1 saturated carbocycles. The molecule has 0 saturated heterocycles. The minimum Gasteiger partial charge on any atom is -0.465 e. The minimum atomic E-state index is 0.0212. The van der Waals surface area contributed by atoms with Crippen molar-refractivity contribution in [2.45, 2.75) is 71.1 Å². The molecule has 0 unspecified atom stereocenters. The van der Waals surface area contributed by atoms with Crippen LogP contribution in [0.5, 0.6) is 0 Å². The highest BCUT2D eigenvalue weighted by atomic mass is 16.5. The molecule has 110 valence electrons. The third kappa shape index (κ3) is 7.34. The molecule has 3 heteroatoms. The van der Waals surface area contributed by atoms with E-state index in [1.54, 1.807) is 0 Å². The lowest BCUT2D eigenvalue weighted by molar-refractivity contribution is -0.150. The Balaban J connectivity index is 1.94. The number of ether oxygens (including phenoxy) is 1. The van der Waals surface area contributed by atoms with Crippen LogP contribution in [0.1, 0.15) is 71.1 Å². The van der Waals surface area contributed by atoms with Crippen LogP contribution in [0, 0.1) is 11.8 Å². The van der Waals surface area contributed by atoms with Gasteiger partial charge in [-0.2, -0.15) is 0 Å². The van der Waals surface area contributed by atoms with Crippen molar-refractivity contribution in [1.82, 2.24) is 0 Å². The van der Waals surface area contributed by atoms with Crippen molar-refractivity contribution in [1.29, 1.82) is 0 Å². The molecule has 1 rings (SSSR count). The highest BCUT2D eigenvalue weighted by Gasteiger charge is 2.25. The summed E-state index contributed by atoms with van der Waals surface area (Å²) in [7, 11) is 0. The molecule has 1 aliphatic carbocycles. The van der Waals surface area contributed by atoms with Crippen molar-refractivity contribution >= 4 is 12.3 Å². The van der Waals surface area contributed by atoms with E-state index in [0.29, 0.717) is 13.0 Å². The first-order valence-corrected chi connectivity index (χ1v) is 7.84. The van der Waals surface area contributed by atoms with Crippen molar-refractivity contribution < 1.29 is 14.3 Å². The molecule has 3 nitrogen and oxygen atoms in total. The van der Waals surface area contributed by atoms with E-state index in [0.717, 1.165) is 70.0 Å². The van der Waals surface area contributed by atoms with E-state index in [2.05, 4.69) is 6.92 Å². The van der Waals surface area contributed by atoms with Gasteiger partial charge < -0.3 is 9.53 Å². The average Bonchev–Trinajstić information content (AvgIpc) is 2.42. The van der Waals surface area contributed by atoms with Crippen LogP contribution < -0.4 is 0 Å². The van der Waals surface area contributed by atoms with Crippen LogP contribution in [0.15, 0.2) is 0 Å². The Hall–Kier alpha value is -0.860. The normalized spacial score (nSPS) is 23.0. The molecule has 0 N–H and O–H groups in total. The molecule has 0 amide bonds. The van der Waals surface area contributed by atoms with E-state index >= 15 is 0 Å². The second kappa shape index (κ2) is 9.99. The van der Waals surface area contributed by atoms with Crippen LogP contribution >= 0.6 is 0 Å². The van der Waals surface area contributed by atoms with Crippen molar-refractivity contribution in [2.75, 3.05) is 6.61 Å². The summed E-state index contributed by atoms with van der Waals surface area (Å²) < 4.78 is 5.35. The van der Waals surface area contributed by atoms with Gasteiger partial charge in [-0.3, -0.25) is 4.79 Å². The number of esters is 1. The molecule has 0 aromatic carbocycles. The first-order valence-electron chi connectivity index (χ1n) is 7.84. The van der Waals surface area contributed by atoms with Gasteiger partial charge in [-0.05, 0) is 44.4 Å². The number of unbranched alkanes of at least 4 members (excludes halogenated alkanes) is 5. The predicted molar refractivity (Wildman–Crippen MR) is 75.8 cm³/mol. The zero-order chi connectivity index (χ0) is 13.9. The number of aldehydes is 1. The van der Waals surface area contributed by atoms with Gasteiger partial charge >= 0.3 is 5.97 Å². The number of hydrogen-bond acceptors (Lipinski definition) is 3. The van der Waals surface area contributed by atoms with Gasteiger partial charge in [0.1, 0.15) is 6.29 Å². The van der Waals surface area contributed by atoms with Gasteiger partial charge in [-0.25, -0.2) is 0 Å². The van der Waals surface area contributed by atoms with Gasteiger partial charge in [-0.15, -0.1) is 0 Å². The summed E-state index contributed by atoms with van der Waals surface area (Å²) in [4.78, 5) is 21.9. The Morgan fingerprint density at radius 3 is 2.37 bits per heavy atom. The summed E-state index contributed by atoms with van der Waals surface area (Å²) in [5, 5.41) is 0. The Morgan fingerprint density at radius 1 is 1.05 bits per heavy atom. The van der Waals surface area contributed by atoms with Crippen molar-refractivity contribution in [3.05, 3.63) is 0 Å². The first-order chi connectivity index (χ1) is 9.24. The van der Waals surface area contributed by atoms with Crippen LogP contribution in [0.25, 0.3) is 0 Å². The van der Waals surface area contributed by atoms with Crippen LogP contribution in [0.4, 0.5) is 0 Å². The van der Waals surface area contributed by atoms with Gasteiger partial charge in [0.05, 0.1) is 12.5 Å². The molecule has 0 heterocycles. The third-order valence-corrected chi connectivity index (χ3v) is 4.06. The van der Waals surface area contributed by atoms with E-state index in [4.69, 9.17) is 4.74 Å². The molecular weight excluding hydrogens is 240 g/mol. The second-order valence-electron chi connectivity index (χ2n) is 5.85. The van der Waals surface area contributed by atoms with E-state index in [9.17, 15) is 9.59 Å². The monoisotopic (exact) mass is 268 g/mol. The molecule has 0 atom stereocenters. The fourth-order valence-corrected chi connectivity index (χ4v) is 2.65. The summed E-state index contributed by atoms with van der Waals surface area (Å²) in [6.45, 7) is 2.82. The summed E-state index contributed by atoms with van der Waals surface area (Å²) in [6.07, 6.45) is 11.3. The van der Waals surface area contributed by atoms with E-state index in [-0.39, 0.29) is 11.9 Å². The number of hydrogen-bond donors (Lipinski definition) is 0. The average molecular weight is 268 g/mol. The molecule has 0 bridgehead atoms. The van der Waals surface area contributed by atoms with Crippen LogP contribution in [-0.2, 0) is 14.3 Å². The smallest absolute Gasteiger partial charge is 0.308 e. The molecule has 0 aromatic heterocycles. The molecule has 0 aliphatic heterocycles. The maximum absolute atomic E-state index is 11.8. The van der Waals surface area contributed by atoms with Gasteiger partial charge in [0, 0.05) is 6.42 Å². The lowest BCUT2D eigenvalue weighted by Crippen LogP contribution is -2.23. The SMILES string of the molecule is CC1CCC(C(=O)OCCCCCCCC=O)CC1. The Morgan fingerprint density at radius 2 is 1.68 bits per heavy atom. The van der Waals surface area contributed by atoms with E-state index < -0.39 is 0 Å². The van der Waals surface area contributed by atoms with Crippen molar-refractivity contribution in [3.8, 4) is 0 Å². The molecule has 0 radical (unpaired) electrons. The van der Waals surface area contributed by atoms with Crippen LogP contribution in [0.3, 0.4) is 0 Å². The highest BCUT2D eigenvalue weighted by molar-refractivity contribution is 5.72. The van der Waals surface area contributed by atoms with Gasteiger partial charge in [0.25, 0.3) is 0 Å². The first kappa shape index (κ1) is 16.2. The third-order valence-electron chi connectivity index (χ3n) is 4.06. The lowest BCUT2D eigenvalue weighted by atomic mass is 9.83. The molecule has 0 spiro atoms. The van der Waals surface area contributed by atoms with E-state index in [1.165, 1.54) is 0 Å². The molecule has 19 heavy (non-hydrogen) atoms. The summed E-state index contributed by atoms with van der Waals surface area (Å²) >= 11 is 0. The van der Waals surface area contributed by atoms with Gasteiger partial charge in [0.2, 0.25) is 0 Å². The highest BCUT2D eigenvalue weighted by Crippen LogP contribution is 2.29. The number of carbonyl (C=O) groups excluding carboxylic acids is 2. The molecule has 0 aromatic rings. The maximum Gasteiger partial charge on any atom is 0.308 e. The number of rotatable bonds is 9. The Labute approximate surface area is 117 Å². The van der Waals surface area contributed by atoms with Crippen LogP contribution in [-0.4, -0.2) is 18.9 Å². The standard InChI is InChI=1S/C16H28O3/c1-14-8-10-15(11-9-14)16(18)19-13-7-5-3-2-4-6-12-17/h12,14-15H,2-11,13H2,1H3. The van der Waals surface area contributed by atoms with Gasteiger partial charge in [-0.1, -0.05) is 26.2 Å². The lowest BCUT2D eigenvalue weighted by Gasteiger charge is -2.24. The summed E-state index contributed by atoms with van der Waals surface area (Å²) in [5.41, 5.74) is 0. The second-order valence-corrected chi connectivity index (χ2v) is 5.85. The Bertz CT molecular complexity index is 255. The molecule has 1 fully saturated rings.